The molecule has 0 spiro atoms. The number of hydrogen-bond acceptors (Lipinski definition) is 5. The summed E-state index contributed by atoms with van der Waals surface area (Å²) in [6, 6.07) is 1.97. The van der Waals surface area contributed by atoms with E-state index in [-0.39, 0.29) is 16.4 Å². The monoisotopic (exact) mass is 281 g/mol. The number of carboxylic acid groups (broad SMARTS) is 1. The lowest BCUT2D eigenvalue weighted by Crippen LogP contribution is -2.03. The van der Waals surface area contributed by atoms with Crippen molar-refractivity contribution in [2.24, 2.45) is 0 Å². The zero-order valence-corrected chi connectivity index (χ0v) is 11.7. The lowest BCUT2D eigenvalue weighted by atomic mass is 10.2. The molecule has 2 rings (SSSR count). The van der Waals surface area contributed by atoms with Crippen LogP contribution in [0.3, 0.4) is 0 Å². The first-order valence-electron chi connectivity index (χ1n) is 5.22. The zero-order chi connectivity index (χ0) is 13.4. The highest BCUT2D eigenvalue weighted by Crippen LogP contribution is 2.34. The van der Waals surface area contributed by atoms with Crippen molar-refractivity contribution in [2.75, 3.05) is 0 Å². The number of carboxylic acids is 1. The number of aromatic nitrogens is 1. The topological polar surface area (TPSA) is 67.3 Å². The predicted molar refractivity (Wildman–Crippen MR) is 71.9 cm³/mol. The summed E-state index contributed by atoms with van der Waals surface area (Å²) in [6.45, 7) is 5.30. The largest absolute Gasteiger partial charge is 0.476 e. The predicted octanol–water partition coefficient (Wildman–Crippen LogP) is 3.39. The molecule has 0 aliphatic carbocycles. The Balaban J connectivity index is 2.60. The van der Waals surface area contributed by atoms with Crippen LogP contribution in [-0.4, -0.2) is 21.8 Å². The Bertz CT molecular complexity index is 608. The number of thiazole rings is 1. The van der Waals surface area contributed by atoms with Crippen molar-refractivity contribution in [3.05, 3.63) is 26.4 Å². The van der Waals surface area contributed by atoms with Crippen molar-refractivity contribution < 1.29 is 14.7 Å². The van der Waals surface area contributed by atoms with Crippen LogP contribution in [0.2, 0.25) is 0 Å². The van der Waals surface area contributed by atoms with Gasteiger partial charge in [0, 0.05) is 22.2 Å². The number of ketones is 1. The van der Waals surface area contributed by atoms with Crippen molar-refractivity contribution in [1.82, 2.24) is 4.98 Å². The molecule has 2 heterocycles. The number of carbonyl (C=O) groups excluding carboxylic acids is 1. The van der Waals surface area contributed by atoms with Crippen LogP contribution in [0.15, 0.2) is 6.07 Å². The summed E-state index contributed by atoms with van der Waals surface area (Å²) in [5, 5.41) is 9.64. The SMILES string of the molecule is CC(=O)c1sc(-c2cc(C)sc2C)nc1C(=O)O. The van der Waals surface area contributed by atoms with Crippen molar-refractivity contribution in [2.45, 2.75) is 20.8 Å². The van der Waals surface area contributed by atoms with Crippen LogP contribution in [0.4, 0.5) is 0 Å². The number of hydrogen-bond donors (Lipinski definition) is 1. The highest BCUT2D eigenvalue weighted by atomic mass is 32.1. The molecule has 6 heteroatoms. The van der Waals surface area contributed by atoms with E-state index in [2.05, 4.69) is 4.98 Å². The average molecular weight is 281 g/mol. The molecular weight excluding hydrogens is 270 g/mol. The minimum atomic E-state index is -1.16. The summed E-state index contributed by atoms with van der Waals surface area (Å²) in [4.78, 5) is 29.0. The molecule has 0 aromatic carbocycles. The highest BCUT2D eigenvalue weighted by Gasteiger charge is 2.22. The fourth-order valence-electron chi connectivity index (χ4n) is 1.66. The van der Waals surface area contributed by atoms with Gasteiger partial charge in [0.05, 0.1) is 0 Å². The van der Waals surface area contributed by atoms with Gasteiger partial charge in [-0.2, -0.15) is 0 Å². The number of Topliss-reactive ketones (excluding diaryl/α,β-unsaturated/α-hetero) is 1. The summed E-state index contributed by atoms with van der Waals surface area (Å²) in [5.41, 5.74) is 0.767. The molecular formula is C12H11NO3S2. The van der Waals surface area contributed by atoms with Gasteiger partial charge in [-0.05, 0) is 19.9 Å². The molecule has 18 heavy (non-hydrogen) atoms. The van der Waals surface area contributed by atoms with E-state index in [1.165, 1.54) is 6.92 Å². The van der Waals surface area contributed by atoms with Gasteiger partial charge in [-0.3, -0.25) is 4.79 Å². The Morgan fingerprint density at radius 2 is 1.94 bits per heavy atom. The molecule has 0 atom stereocenters. The van der Waals surface area contributed by atoms with E-state index < -0.39 is 5.97 Å². The normalized spacial score (nSPS) is 10.6. The fourth-order valence-corrected chi connectivity index (χ4v) is 3.68. The molecule has 2 aromatic rings. The maximum Gasteiger partial charge on any atom is 0.356 e. The Labute approximate surface area is 112 Å². The second-order valence-corrected chi connectivity index (χ2v) is 6.34. The summed E-state index contributed by atoms with van der Waals surface area (Å²) in [5.74, 6) is -1.42. The van der Waals surface area contributed by atoms with Crippen molar-refractivity contribution in [1.29, 1.82) is 0 Å². The van der Waals surface area contributed by atoms with Crippen LogP contribution in [-0.2, 0) is 0 Å². The van der Waals surface area contributed by atoms with Crippen molar-refractivity contribution >= 4 is 34.4 Å². The lowest BCUT2D eigenvalue weighted by Gasteiger charge is -1.91. The molecule has 0 aliphatic heterocycles. The molecule has 0 fully saturated rings. The second kappa shape index (κ2) is 4.62. The Morgan fingerprint density at radius 1 is 1.28 bits per heavy atom. The molecule has 0 radical (unpaired) electrons. The van der Waals surface area contributed by atoms with Gasteiger partial charge in [-0.25, -0.2) is 9.78 Å². The minimum absolute atomic E-state index is 0.147. The number of aromatic carboxylic acids is 1. The van der Waals surface area contributed by atoms with Gasteiger partial charge in [0.1, 0.15) is 9.88 Å². The second-order valence-electron chi connectivity index (χ2n) is 3.88. The van der Waals surface area contributed by atoms with Gasteiger partial charge in [-0.15, -0.1) is 22.7 Å². The molecule has 4 nitrogen and oxygen atoms in total. The van der Waals surface area contributed by atoms with E-state index in [0.29, 0.717) is 5.01 Å². The quantitative estimate of drug-likeness (QED) is 0.876. The van der Waals surface area contributed by atoms with E-state index in [9.17, 15) is 9.59 Å². The molecule has 1 N–H and O–H groups in total. The van der Waals surface area contributed by atoms with Crippen molar-refractivity contribution in [3.8, 4) is 10.6 Å². The summed E-state index contributed by atoms with van der Waals surface area (Å²) < 4.78 is 0. The standard InChI is InChI=1S/C12H11NO3S2/c1-5-4-8(7(3)17-5)11-13-9(12(15)16)10(18-11)6(2)14/h4H,1-3H3,(H,15,16). The maximum absolute atomic E-state index is 11.4. The van der Waals surface area contributed by atoms with E-state index in [0.717, 1.165) is 26.7 Å². The van der Waals surface area contributed by atoms with E-state index in [4.69, 9.17) is 5.11 Å². The average Bonchev–Trinajstić information content (AvgIpc) is 2.81. The molecule has 0 saturated heterocycles. The molecule has 0 amide bonds. The third kappa shape index (κ3) is 2.21. The van der Waals surface area contributed by atoms with Crippen LogP contribution >= 0.6 is 22.7 Å². The Kier molecular flexibility index (Phi) is 3.32. The smallest absolute Gasteiger partial charge is 0.356 e. The first-order valence-corrected chi connectivity index (χ1v) is 6.86. The summed E-state index contributed by atoms with van der Waals surface area (Å²) in [7, 11) is 0. The third-order valence-corrected chi connectivity index (χ3v) is 4.58. The van der Waals surface area contributed by atoms with E-state index >= 15 is 0 Å². The van der Waals surface area contributed by atoms with Gasteiger partial charge >= 0.3 is 5.97 Å². The van der Waals surface area contributed by atoms with Crippen LogP contribution in [0, 0.1) is 13.8 Å². The van der Waals surface area contributed by atoms with Gasteiger partial charge < -0.3 is 5.11 Å². The number of aryl methyl sites for hydroxylation is 2. The molecule has 0 unspecified atom stereocenters. The Hall–Kier alpha value is -1.53. The van der Waals surface area contributed by atoms with Gasteiger partial charge in [-0.1, -0.05) is 0 Å². The molecule has 2 aromatic heterocycles. The molecule has 0 saturated carbocycles. The van der Waals surface area contributed by atoms with Crippen LogP contribution in [0.25, 0.3) is 10.6 Å². The fraction of sp³-hybridized carbons (Fsp3) is 0.250. The number of thiophene rings is 1. The number of carbonyl (C=O) groups is 2. The number of rotatable bonds is 3. The van der Waals surface area contributed by atoms with Crippen LogP contribution in [0.5, 0.6) is 0 Å². The highest BCUT2D eigenvalue weighted by molar-refractivity contribution is 7.18. The van der Waals surface area contributed by atoms with Gasteiger partial charge in [0.15, 0.2) is 11.5 Å². The van der Waals surface area contributed by atoms with E-state index in [1.54, 1.807) is 11.3 Å². The third-order valence-electron chi connectivity index (χ3n) is 2.42. The maximum atomic E-state index is 11.4. The molecule has 0 aliphatic rings. The van der Waals surface area contributed by atoms with E-state index in [1.807, 2.05) is 19.9 Å². The zero-order valence-electron chi connectivity index (χ0n) is 10.1. The van der Waals surface area contributed by atoms with Gasteiger partial charge in [0.2, 0.25) is 0 Å². The first-order chi connectivity index (χ1) is 8.40. The summed E-state index contributed by atoms with van der Waals surface area (Å²) >= 11 is 2.77. The molecule has 0 bridgehead atoms. The minimum Gasteiger partial charge on any atom is -0.476 e. The lowest BCUT2D eigenvalue weighted by molar-refractivity contribution is 0.0687. The number of nitrogens with zero attached hydrogens (tertiary/aromatic N) is 1. The van der Waals surface area contributed by atoms with Crippen LogP contribution in [0.1, 0.15) is 36.8 Å². The molecule has 94 valence electrons. The van der Waals surface area contributed by atoms with Crippen molar-refractivity contribution in [3.63, 3.8) is 0 Å². The first kappa shape index (κ1) is 12.9. The van der Waals surface area contributed by atoms with Gasteiger partial charge in [0.25, 0.3) is 0 Å². The summed E-state index contributed by atoms with van der Waals surface area (Å²) in [6.07, 6.45) is 0. The van der Waals surface area contributed by atoms with Crippen LogP contribution < -0.4 is 0 Å². The Morgan fingerprint density at radius 3 is 2.33 bits per heavy atom.